The lowest BCUT2D eigenvalue weighted by molar-refractivity contribution is -0.126. The number of amides is 1. The van der Waals surface area contributed by atoms with Crippen molar-refractivity contribution in [3.63, 3.8) is 0 Å². The van der Waals surface area contributed by atoms with Crippen LogP contribution < -0.4 is 5.32 Å². The summed E-state index contributed by atoms with van der Waals surface area (Å²) < 4.78 is 0. The highest BCUT2D eigenvalue weighted by atomic mass is 16.2. The van der Waals surface area contributed by atoms with Crippen molar-refractivity contribution in [1.29, 1.82) is 5.26 Å². The molecule has 3 nitrogen and oxygen atoms in total. The van der Waals surface area contributed by atoms with E-state index in [1.165, 1.54) is 11.1 Å². The zero-order valence-corrected chi connectivity index (χ0v) is 13.4. The Hall–Kier alpha value is -2.60. The maximum absolute atomic E-state index is 12.4. The zero-order valence-electron chi connectivity index (χ0n) is 13.4. The summed E-state index contributed by atoms with van der Waals surface area (Å²) in [5, 5.41) is 12.4. The van der Waals surface area contributed by atoms with Crippen LogP contribution in [0.15, 0.2) is 48.5 Å². The number of piperidine rings is 1. The number of hydrogen-bond donors (Lipinski definition) is 1. The van der Waals surface area contributed by atoms with Gasteiger partial charge in [0.15, 0.2) is 0 Å². The number of nitrogens with one attached hydrogen (secondary N) is 1. The fraction of sp³-hybridized carbons (Fsp3) is 0.300. The van der Waals surface area contributed by atoms with Crippen LogP contribution in [-0.4, -0.2) is 5.91 Å². The predicted molar refractivity (Wildman–Crippen MR) is 89.7 cm³/mol. The van der Waals surface area contributed by atoms with E-state index in [0.717, 1.165) is 17.5 Å². The molecule has 1 aliphatic rings. The maximum Gasteiger partial charge on any atom is 0.238 e. The van der Waals surface area contributed by atoms with E-state index in [0.29, 0.717) is 0 Å². The highest BCUT2D eigenvalue weighted by molar-refractivity contribution is 5.83. The number of nitriles is 1. The molecule has 0 bridgehead atoms. The van der Waals surface area contributed by atoms with E-state index in [-0.39, 0.29) is 17.9 Å². The van der Waals surface area contributed by atoms with Crippen molar-refractivity contribution in [2.24, 2.45) is 5.92 Å². The largest absolute Gasteiger partial charge is 0.348 e. The number of hydrogen-bond acceptors (Lipinski definition) is 2. The number of benzene rings is 2. The van der Waals surface area contributed by atoms with Crippen molar-refractivity contribution < 1.29 is 4.79 Å². The second-order valence-corrected chi connectivity index (χ2v) is 6.26. The van der Waals surface area contributed by atoms with Gasteiger partial charge in [-0.25, -0.2) is 0 Å². The van der Waals surface area contributed by atoms with Gasteiger partial charge in [-0.05, 0) is 42.5 Å². The third-order valence-corrected chi connectivity index (χ3v) is 4.79. The summed E-state index contributed by atoms with van der Waals surface area (Å²) in [4.78, 5) is 12.4. The lowest BCUT2D eigenvalue weighted by Gasteiger charge is -2.34. The van der Waals surface area contributed by atoms with Gasteiger partial charge >= 0.3 is 0 Å². The van der Waals surface area contributed by atoms with Crippen LogP contribution in [0.1, 0.15) is 40.6 Å². The van der Waals surface area contributed by atoms with Gasteiger partial charge in [-0.2, -0.15) is 5.26 Å². The molecule has 2 aromatic rings. The first-order valence-corrected chi connectivity index (χ1v) is 7.92. The van der Waals surface area contributed by atoms with Crippen LogP contribution in [0.4, 0.5) is 0 Å². The fourth-order valence-electron chi connectivity index (χ4n) is 3.27. The summed E-state index contributed by atoms with van der Waals surface area (Å²) in [5.41, 5.74) is 4.63. The third-order valence-electron chi connectivity index (χ3n) is 4.79. The minimum Gasteiger partial charge on any atom is -0.348 e. The molecule has 23 heavy (non-hydrogen) atoms. The predicted octanol–water partition coefficient (Wildman–Crippen LogP) is 3.79. The van der Waals surface area contributed by atoms with Gasteiger partial charge < -0.3 is 5.32 Å². The molecule has 1 N–H and O–H groups in total. The van der Waals surface area contributed by atoms with E-state index in [1.807, 2.05) is 30.3 Å². The lowest BCUT2D eigenvalue weighted by Crippen LogP contribution is -2.42. The third kappa shape index (κ3) is 2.98. The molecule has 3 atom stereocenters. The summed E-state index contributed by atoms with van der Waals surface area (Å²) in [6, 6.07) is 18.3. The Morgan fingerprint density at radius 3 is 2.43 bits per heavy atom. The summed E-state index contributed by atoms with van der Waals surface area (Å²) in [5.74, 6) is -0.863. The Kier molecular flexibility index (Phi) is 4.16. The van der Waals surface area contributed by atoms with Gasteiger partial charge in [0.2, 0.25) is 5.91 Å². The molecule has 3 heteroatoms. The van der Waals surface area contributed by atoms with Gasteiger partial charge in [0.25, 0.3) is 0 Å². The van der Waals surface area contributed by atoms with Gasteiger partial charge in [-0.1, -0.05) is 48.5 Å². The van der Waals surface area contributed by atoms with Gasteiger partial charge in [0.1, 0.15) is 5.92 Å². The van der Waals surface area contributed by atoms with E-state index in [4.69, 9.17) is 0 Å². The minimum absolute atomic E-state index is 0.0448. The van der Waals surface area contributed by atoms with Gasteiger partial charge in [0, 0.05) is 5.92 Å². The van der Waals surface area contributed by atoms with Crippen molar-refractivity contribution in [3.8, 4) is 6.07 Å². The van der Waals surface area contributed by atoms with Crippen LogP contribution in [0, 0.1) is 31.1 Å². The van der Waals surface area contributed by atoms with Crippen molar-refractivity contribution in [2.45, 2.75) is 32.2 Å². The summed E-state index contributed by atoms with van der Waals surface area (Å²) in [6.45, 7) is 4.16. The topological polar surface area (TPSA) is 52.9 Å². The number of carbonyl (C=O) groups excluding carboxylic acids is 1. The monoisotopic (exact) mass is 304 g/mol. The van der Waals surface area contributed by atoms with Crippen LogP contribution in [-0.2, 0) is 4.79 Å². The first-order valence-electron chi connectivity index (χ1n) is 7.92. The van der Waals surface area contributed by atoms with E-state index < -0.39 is 5.92 Å². The van der Waals surface area contributed by atoms with Crippen LogP contribution >= 0.6 is 0 Å². The number of aryl methyl sites for hydroxylation is 2. The first-order chi connectivity index (χ1) is 11.1. The van der Waals surface area contributed by atoms with E-state index in [2.05, 4.69) is 43.4 Å². The van der Waals surface area contributed by atoms with E-state index >= 15 is 0 Å². The highest BCUT2D eigenvalue weighted by Gasteiger charge is 2.38. The van der Waals surface area contributed by atoms with Crippen molar-refractivity contribution >= 4 is 5.91 Å². The zero-order chi connectivity index (χ0) is 16.4. The Balaban J connectivity index is 1.94. The van der Waals surface area contributed by atoms with Crippen molar-refractivity contribution in [3.05, 3.63) is 70.8 Å². The molecule has 1 heterocycles. The lowest BCUT2D eigenvalue weighted by atomic mass is 9.77. The van der Waals surface area contributed by atoms with Crippen molar-refractivity contribution in [2.75, 3.05) is 0 Å². The standard InChI is InChI=1S/C20H20N2O/c1-13-8-9-16(10-14(13)2)19-11-17(15-6-4-3-5-7-15)18(12-21)20(23)22-19/h3-10,17-19H,11H2,1-2H3,(H,22,23). The molecule has 0 spiro atoms. The molecule has 1 amide bonds. The molecule has 3 unspecified atom stereocenters. The summed E-state index contributed by atoms with van der Waals surface area (Å²) >= 11 is 0. The molecule has 1 aliphatic heterocycles. The Labute approximate surface area is 137 Å². The van der Waals surface area contributed by atoms with Gasteiger partial charge in [-0.3, -0.25) is 4.79 Å². The minimum atomic E-state index is -0.625. The normalized spacial score (nSPS) is 23.9. The number of nitrogens with zero attached hydrogens (tertiary/aromatic N) is 1. The molecule has 1 fully saturated rings. The molecule has 0 saturated carbocycles. The molecular formula is C20H20N2O. The maximum atomic E-state index is 12.4. The van der Waals surface area contributed by atoms with Crippen LogP contribution in [0.2, 0.25) is 0 Å². The summed E-state index contributed by atoms with van der Waals surface area (Å²) in [7, 11) is 0. The Morgan fingerprint density at radius 1 is 1.04 bits per heavy atom. The van der Waals surface area contributed by atoms with E-state index in [1.54, 1.807) is 0 Å². The second-order valence-electron chi connectivity index (χ2n) is 6.26. The SMILES string of the molecule is Cc1ccc(C2CC(c3ccccc3)C(C#N)C(=O)N2)cc1C. The molecule has 1 saturated heterocycles. The first kappa shape index (κ1) is 15.3. The van der Waals surface area contributed by atoms with Crippen LogP contribution in [0.3, 0.4) is 0 Å². The molecule has 116 valence electrons. The summed E-state index contributed by atoms with van der Waals surface area (Å²) in [6.07, 6.45) is 0.747. The molecule has 3 rings (SSSR count). The quantitative estimate of drug-likeness (QED) is 0.917. The molecule has 0 aromatic heterocycles. The fourth-order valence-corrected chi connectivity index (χ4v) is 3.27. The molecule has 0 aliphatic carbocycles. The van der Waals surface area contributed by atoms with E-state index in [9.17, 15) is 10.1 Å². The molecule has 2 aromatic carbocycles. The Morgan fingerprint density at radius 2 is 1.78 bits per heavy atom. The molecule has 0 radical (unpaired) electrons. The molecular weight excluding hydrogens is 284 g/mol. The average Bonchev–Trinajstić information content (AvgIpc) is 2.57. The van der Waals surface area contributed by atoms with Crippen LogP contribution in [0.25, 0.3) is 0 Å². The van der Waals surface area contributed by atoms with Gasteiger partial charge in [0.05, 0.1) is 12.1 Å². The van der Waals surface area contributed by atoms with Gasteiger partial charge in [-0.15, -0.1) is 0 Å². The number of rotatable bonds is 2. The second kappa shape index (κ2) is 6.26. The number of carbonyl (C=O) groups is 1. The average molecular weight is 304 g/mol. The van der Waals surface area contributed by atoms with Crippen LogP contribution in [0.5, 0.6) is 0 Å². The highest BCUT2D eigenvalue weighted by Crippen LogP contribution is 2.38. The smallest absolute Gasteiger partial charge is 0.238 e. The Bertz CT molecular complexity index is 761. The van der Waals surface area contributed by atoms with Crippen molar-refractivity contribution in [1.82, 2.24) is 5.32 Å².